The van der Waals surface area contributed by atoms with E-state index >= 15 is 0 Å². The lowest BCUT2D eigenvalue weighted by Gasteiger charge is -2.04. The average Bonchev–Trinajstić information content (AvgIpc) is 2.87. The van der Waals surface area contributed by atoms with Crippen molar-refractivity contribution in [2.75, 3.05) is 0 Å². The first-order valence-electron chi connectivity index (χ1n) is 5.30. The first kappa shape index (κ1) is 11.5. The van der Waals surface area contributed by atoms with Crippen molar-refractivity contribution in [2.24, 2.45) is 0 Å². The lowest BCUT2D eigenvalue weighted by atomic mass is 10.2. The van der Waals surface area contributed by atoms with Gasteiger partial charge in [0, 0.05) is 22.1 Å². The molecule has 0 bridgehead atoms. The van der Waals surface area contributed by atoms with Crippen LogP contribution in [0.3, 0.4) is 0 Å². The molecule has 1 aromatic carbocycles. The largest absolute Gasteiger partial charge is 0.249 e. The van der Waals surface area contributed by atoms with Crippen molar-refractivity contribution in [1.82, 2.24) is 9.78 Å². The molecule has 0 aliphatic carbocycles. The normalized spacial score (nSPS) is 14.0. The Morgan fingerprint density at radius 1 is 1.18 bits per heavy atom. The molecule has 0 amide bonds. The number of halogens is 2. The average molecular weight is 285 g/mol. The van der Waals surface area contributed by atoms with Gasteiger partial charge in [0.2, 0.25) is 0 Å². The van der Waals surface area contributed by atoms with Gasteiger partial charge in [-0.25, -0.2) is 4.68 Å². The molecular formula is C12H10Cl2N2S. The number of fused-ring (bicyclic) bond motifs is 1. The molecule has 5 heteroatoms. The fraction of sp³-hybridized carbons (Fsp3) is 0.250. The minimum atomic E-state index is 0.702. The predicted molar refractivity (Wildman–Crippen MR) is 72.8 cm³/mol. The van der Waals surface area contributed by atoms with E-state index in [9.17, 15) is 0 Å². The van der Waals surface area contributed by atoms with Crippen LogP contribution in [-0.2, 0) is 18.1 Å². The van der Waals surface area contributed by atoms with E-state index in [1.165, 1.54) is 5.56 Å². The highest BCUT2D eigenvalue weighted by Gasteiger charge is 2.21. The van der Waals surface area contributed by atoms with Gasteiger partial charge >= 0.3 is 0 Å². The second kappa shape index (κ2) is 4.56. The minimum absolute atomic E-state index is 0.702. The number of benzene rings is 1. The van der Waals surface area contributed by atoms with E-state index in [1.54, 1.807) is 0 Å². The van der Waals surface area contributed by atoms with Crippen molar-refractivity contribution in [2.45, 2.75) is 18.1 Å². The Morgan fingerprint density at radius 3 is 2.65 bits per heavy atom. The Morgan fingerprint density at radius 2 is 1.94 bits per heavy atom. The van der Waals surface area contributed by atoms with Crippen LogP contribution in [0, 0.1) is 0 Å². The van der Waals surface area contributed by atoms with Crippen LogP contribution in [0.2, 0.25) is 10.2 Å². The Labute approximate surface area is 114 Å². The molecule has 0 atom stereocenters. The smallest absolute Gasteiger partial charge is 0.131 e. The maximum absolute atomic E-state index is 6.31. The minimum Gasteiger partial charge on any atom is -0.249 e. The molecule has 0 saturated heterocycles. The molecule has 0 N–H and O–H groups in total. The monoisotopic (exact) mass is 284 g/mol. The van der Waals surface area contributed by atoms with E-state index in [0.717, 1.165) is 32.9 Å². The molecule has 0 unspecified atom stereocenters. The van der Waals surface area contributed by atoms with Gasteiger partial charge in [0.15, 0.2) is 0 Å². The van der Waals surface area contributed by atoms with Crippen LogP contribution in [0.4, 0.5) is 0 Å². The topological polar surface area (TPSA) is 17.8 Å². The number of hydrogen-bond donors (Lipinski definition) is 0. The van der Waals surface area contributed by atoms with E-state index in [4.69, 9.17) is 23.2 Å². The fourth-order valence-corrected chi connectivity index (χ4v) is 3.41. The molecule has 0 radical (unpaired) electrons. The summed E-state index contributed by atoms with van der Waals surface area (Å²) < 4.78 is 1.87. The zero-order valence-electron chi connectivity index (χ0n) is 8.99. The number of nitrogens with zero attached hydrogens (tertiary/aromatic N) is 2. The van der Waals surface area contributed by atoms with Gasteiger partial charge in [-0.2, -0.15) is 16.9 Å². The summed E-state index contributed by atoms with van der Waals surface area (Å²) in [5.41, 5.74) is 3.49. The highest BCUT2D eigenvalue weighted by Crippen LogP contribution is 2.34. The molecule has 1 aliphatic rings. The van der Waals surface area contributed by atoms with Crippen molar-refractivity contribution in [3.05, 3.63) is 51.3 Å². The summed E-state index contributed by atoms with van der Waals surface area (Å²) in [6.07, 6.45) is 0. The predicted octanol–water partition coefficient (Wildman–Crippen LogP) is 3.99. The number of aromatic nitrogens is 2. The summed E-state index contributed by atoms with van der Waals surface area (Å²) in [5, 5.41) is 6.07. The van der Waals surface area contributed by atoms with Crippen molar-refractivity contribution >= 4 is 35.0 Å². The molecule has 0 fully saturated rings. The zero-order chi connectivity index (χ0) is 11.8. The van der Waals surface area contributed by atoms with Gasteiger partial charge in [-0.1, -0.05) is 35.3 Å². The van der Waals surface area contributed by atoms with Crippen molar-refractivity contribution in [3.8, 4) is 0 Å². The third-order valence-electron chi connectivity index (χ3n) is 2.80. The fourth-order valence-electron chi connectivity index (χ4n) is 1.90. The van der Waals surface area contributed by atoms with Gasteiger partial charge in [0.05, 0.1) is 12.2 Å². The van der Waals surface area contributed by atoms with Crippen LogP contribution >= 0.6 is 35.0 Å². The van der Waals surface area contributed by atoms with Gasteiger partial charge in [-0.15, -0.1) is 0 Å². The molecule has 2 aromatic rings. The Balaban J connectivity index is 1.88. The third-order valence-corrected chi connectivity index (χ3v) is 4.44. The summed E-state index contributed by atoms with van der Waals surface area (Å²) in [7, 11) is 0. The molecule has 2 nitrogen and oxygen atoms in total. The summed E-state index contributed by atoms with van der Waals surface area (Å²) in [5.74, 6) is 1.96. The molecule has 1 aromatic heterocycles. The van der Waals surface area contributed by atoms with Crippen LogP contribution in [0.25, 0.3) is 0 Å². The second-order valence-electron chi connectivity index (χ2n) is 3.99. The van der Waals surface area contributed by atoms with E-state index in [2.05, 4.69) is 5.10 Å². The lowest BCUT2D eigenvalue weighted by Crippen LogP contribution is -2.02. The molecule has 3 rings (SSSR count). The van der Waals surface area contributed by atoms with Gasteiger partial charge in [0.25, 0.3) is 0 Å². The summed E-state index contributed by atoms with van der Waals surface area (Å²) in [6, 6.07) is 7.77. The summed E-state index contributed by atoms with van der Waals surface area (Å²) >= 11 is 14.0. The van der Waals surface area contributed by atoms with E-state index < -0.39 is 0 Å². The van der Waals surface area contributed by atoms with Gasteiger partial charge in [0.1, 0.15) is 5.15 Å². The van der Waals surface area contributed by atoms with Crippen molar-refractivity contribution in [1.29, 1.82) is 0 Å². The zero-order valence-corrected chi connectivity index (χ0v) is 11.3. The van der Waals surface area contributed by atoms with Crippen LogP contribution in [0.15, 0.2) is 24.3 Å². The molecular weight excluding hydrogens is 275 g/mol. The van der Waals surface area contributed by atoms with E-state index in [-0.39, 0.29) is 0 Å². The maximum Gasteiger partial charge on any atom is 0.131 e. The van der Waals surface area contributed by atoms with Crippen molar-refractivity contribution in [3.63, 3.8) is 0 Å². The summed E-state index contributed by atoms with van der Waals surface area (Å²) in [4.78, 5) is 0. The van der Waals surface area contributed by atoms with E-state index in [1.807, 2.05) is 40.7 Å². The SMILES string of the molecule is Clc1ccc(Cn2nc3c(c2Cl)CSC3)cc1. The first-order valence-corrected chi connectivity index (χ1v) is 7.21. The molecule has 2 heterocycles. The first-order chi connectivity index (χ1) is 8.24. The van der Waals surface area contributed by atoms with E-state index in [0.29, 0.717) is 6.54 Å². The van der Waals surface area contributed by atoms with Gasteiger partial charge in [-0.05, 0) is 17.7 Å². The van der Waals surface area contributed by atoms with Gasteiger partial charge in [-0.3, -0.25) is 0 Å². The van der Waals surface area contributed by atoms with Crippen LogP contribution in [0.5, 0.6) is 0 Å². The third kappa shape index (κ3) is 2.19. The highest BCUT2D eigenvalue weighted by molar-refractivity contribution is 7.98. The van der Waals surface area contributed by atoms with Crippen LogP contribution in [0.1, 0.15) is 16.8 Å². The van der Waals surface area contributed by atoms with Gasteiger partial charge < -0.3 is 0 Å². The highest BCUT2D eigenvalue weighted by atomic mass is 35.5. The molecule has 88 valence electrons. The Hall–Kier alpha value is -0.640. The number of thioether (sulfide) groups is 1. The molecule has 0 saturated carbocycles. The maximum atomic E-state index is 6.31. The van der Waals surface area contributed by atoms with Crippen LogP contribution < -0.4 is 0 Å². The Kier molecular flexibility index (Phi) is 3.07. The molecule has 0 spiro atoms. The number of rotatable bonds is 2. The Bertz CT molecular complexity index is 548. The number of hydrogen-bond acceptors (Lipinski definition) is 2. The molecule has 1 aliphatic heterocycles. The lowest BCUT2D eigenvalue weighted by molar-refractivity contribution is 0.679. The standard InChI is InChI=1S/C12H10Cl2N2S/c13-9-3-1-8(2-4-9)5-16-12(14)10-6-17-7-11(10)15-16/h1-4H,5-7H2. The van der Waals surface area contributed by atoms with Crippen LogP contribution in [-0.4, -0.2) is 9.78 Å². The van der Waals surface area contributed by atoms with Crippen molar-refractivity contribution < 1.29 is 0 Å². The second-order valence-corrected chi connectivity index (χ2v) is 5.77. The quantitative estimate of drug-likeness (QED) is 0.830. The molecule has 17 heavy (non-hydrogen) atoms. The summed E-state index contributed by atoms with van der Waals surface area (Å²) in [6.45, 7) is 0.702.